The second-order valence-corrected chi connectivity index (χ2v) is 6.56. The van der Waals surface area contributed by atoms with Crippen LogP contribution in [0, 0.1) is 6.92 Å². The molecule has 0 unspecified atom stereocenters. The normalized spacial score (nSPS) is 16.8. The van der Waals surface area contributed by atoms with Crippen LogP contribution in [0.1, 0.15) is 17.2 Å². The maximum absolute atomic E-state index is 5.43. The van der Waals surface area contributed by atoms with Crippen molar-refractivity contribution in [2.75, 3.05) is 26.3 Å². The fourth-order valence-electron chi connectivity index (χ4n) is 3.60. The van der Waals surface area contributed by atoms with E-state index in [4.69, 9.17) is 14.8 Å². The SMILES string of the molecule is Cc1ncn2c1Cn1nc(CN3CCOCC3)nc1-c1ccccc1-2. The monoisotopic (exact) mass is 336 g/mol. The van der Waals surface area contributed by atoms with Crippen molar-refractivity contribution in [2.45, 2.75) is 20.0 Å². The van der Waals surface area contributed by atoms with Gasteiger partial charge in [0.15, 0.2) is 11.6 Å². The van der Waals surface area contributed by atoms with Gasteiger partial charge in [-0.1, -0.05) is 12.1 Å². The van der Waals surface area contributed by atoms with Crippen LogP contribution in [-0.2, 0) is 17.8 Å². The molecule has 0 saturated carbocycles. The highest BCUT2D eigenvalue weighted by Gasteiger charge is 2.24. The molecule has 128 valence electrons. The summed E-state index contributed by atoms with van der Waals surface area (Å²) in [5.41, 5.74) is 4.41. The topological polar surface area (TPSA) is 61.0 Å². The minimum atomic E-state index is 0.686. The number of imidazole rings is 1. The predicted octanol–water partition coefficient (Wildman–Crippen LogP) is 1.63. The first-order chi connectivity index (χ1) is 12.3. The maximum Gasteiger partial charge on any atom is 0.165 e. The molecular formula is C18H20N6O. The molecule has 0 radical (unpaired) electrons. The van der Waals surface area contributed by atoms with E-state index >= 15 is 0 Å². The van der Waals surface area contributed by atoms with Gasteiger partial charge in [-0.25, -0.2) is 14.6 Å². The Balaban J connectivity index is 1.58. The summed E-state index contributed by atoms with van der Waals surface area (Å²) in [6.07, 6.45) is 1.89. The van der Waals surface area contributed by atoms with Crippen LogP contribution in [0.25, 0.3) is 17.1 Å². The highest BCUT2D eigenvalue weighted by atomic mass is 16.5. The average molecular weight is 336 g/mol. The smallest absolute Gasteiger partial charge is 0.165 e. The first kappa shape index (κ1) is 14.8. The van der Waals surface area contributed by atoms with Gasteiger partial charge in [0.2, 0.25) is 0 Å². The van der Waals surface area contributed by atoms with Gasteiger partial charge >= 0.3 is 0 Å². The van der Waals surface area contributed by atoms with E-state index in [9.17, 15) is 0 Å². The van der Waals surface area contributed by atoms with E-state index in [2.05, 4.69) is 32.7 Å². The van der Waals surface area contributed by atoms with Crippen LogP contribution < -0.4 is 0 Å². The molecule has 4 heterocycles. The number of hydrogen-bond acceptors (Lipinski definition) is 5. The van der Waals surface area contributed by atoms with Gasteiger partial charge < -0.3 is 9.30 Å². The lowest BCUT2D eigenvalue weighted by Gasteiger charge is -2.25. The lowest BCUT2D eigenvalue weighted by molar-refractivity contribution is 0.0330. The van der Waals surface area contributed by atoms with Crippen molar-refractivity contribution in [1.82, 2.24) is 29.2 Å². The number of morpholine rings is 1. The Morgan fingerprint density at radius 2 is 2.00 bits per heavy atom. The maximum atomic E-state index is 5.43. The molecular weight excluding hydrogens is 316 g/mol. The third-order valence-electron chi connectivity index (χ3n) is 4.96. The second kappa shape index (κ2) is 5.79. The Bertz CT molecular complexity index is 922. The van der Waals surface area contributed by atoms with Gasteiger partial charge in [0.25, 0.3) is 0 Å². The third-order valence-corrected chi connectivity index (χ3v) is 4.96. The van der Waals surface area contributed by atoms with Crippen LogP contribution in [-0.4, -0.2) is 55.5 Å². The summed E-state index contributed by atoms with van der Waals surface area (Å²) in [6.45, 7) is 6.95. The number of fused-ring (bicyclic) bond motifs is 5. The number of aryl methyl sites for hydroxylation is 1. The molecule has 5 rings (SSSR count). The third kappa shape index (κ3) is 2.47. The van der Waals surface area contributed by atoms with Crippen molar-refractivity contribution in [1.29, 1.82) is 0 Å². The molecule has 0 aliphatic carbocycles. The average Bonchev–Trinajstić information content (AvgIpc) is 3.17. The first-order valence-corrected chi connectivity index (χ1v) is 8.66. The van der Waals surface area contributed by atoms with Crippen molar-refractivity contribution in [3.05, 3.63) is 47.8 Å². The molecule has 25 heavy (non-hydrogen) atoms. The van der Waals surface area contributed by atoms with Gasteiger partial charge in [0.05, 0.1) is 49.7 Å². The number of hydrogen-bond donors (Lipinski definition) is 0. The Hall–Kier alpha value is -2.51. The summed E-state index contributed by atoms with van der Waals surface area (Å²) in [5.74, 6) is 1.80. The minimum absolute atomic E-state index is 0.686. The van der Waals surface area contributed by atoms with E-state index < -0.39 is 0 Å². The molecule has 7 nitrogen and oxygen atoms in total. The molecule has 2 aromatic heterocycles. The number of benzene rings is 1. The minimum Gasteiger partial charge on any atom is -0.379 e. The second-order valence-electron chi connectivity index (χ2n) is 6.56. The molecule has 0 amide bonds. The van der Waals surface area contributed by atoms with Crippen LogP contribution >= 0.6 is 0 Å². The van der Waals surface area contributed by atoms with Gasteiger partial charge in [0, 0.05) is 18.7 Å². The molecule has 2 aliphatic heterocycles. The highest BCUT2D eigenvalue weighted by molar-refractivity contribution is 5.69. The van der Waals surface area contributed by atoms with Crippen molar-refractivity contribution in [3.8, 4) is 17.1 Å². The van der Waals surface area contributed by atoms with E-state index in [-0.39, 0.29) is 0 Å². The predicted molar refractivity (Wildman–Crippen MR) is 92.5 cm³/mol. The molecule has 7 heteroatoms. The fourth-order valence-corrected chi connectivity index (χ4v) is 3.60. The van der Waals surface area contributed by atoms with E-state index in [0.29, 0.717) is 6.54 Å². The Labute approximate surface area is 145 Å². The van der Waals surface area contributed by atoms with E-state index in [1.54, 1.807) is 0 Å². The van der Waals surface area contributed by atoms with E-state index in [0.717, 1.165) is 67.1 Å². The van der Waals surface area contributed by atoms with E-state index in [1.807, 2.05) is 24.0 Å². The summed E-state index contributed by atoms with van der Waals surface area (Å²) in [6, 6.07) is 8.33. The molecule has 0 atom stereocenters. The van der Waals surface area contributed by atoms with Crippen LogP contribution in [0.5, 0.6) is 0 Å². The van der Waals surface area contributed by atoms with Crippen LogP contribution in [0.3, 0.4) is 0 Å². The number of para-hydroxylation sites is 1. The zero-order valence-corrected chi connectivity index (χ0v) is 14.2. The quantitative estimate of drug-likeness (QED) is 0.557. The van der Waals surface area contributed by atoms with Gasteiger partial charge in [-0.15, -0.1) is 0 Å². The van der Waals surface area contributed by atoms with Gasteiger partial charge in [-0.2, -0.15) is 5.10 Å². The number of ether oxygens (including phenoxy) is 1. The summed E-state index contributed by atoms with van der Waals surface area (Å²) in [5, 5.41) is 4.81. The standard InChI is InChI=1S/C18H20N6O/c1-13-16-10-24-18(14-4-2-3-5-15(14)23(16)12-19-13)20-17(21-24)11-22-6-8-25-9-7-22/h2-5,12H,6-11H2,1H3. The van der Waals surface area contributed by atoms with Crippen LogP contribution in [0.2, 0.25) is 0 Å². The highest BCUT2D eigenvalue weighted by Crippen LogP contribution is 2.31. The summed E-state index contributed by atoms with van der Waals surface area (Å²) in [4.78, 5) is 11.7. The lowest BCUT2D eigenvalue weighted by atomic mass is 10.1. The summed E-state index contributed by atoms with van der Waals surface area (Å²) in [7, 11) is 0. The summed E-state index contributed by atoms with van der Waals surface area (Å²) >= 11 is 0. The molecule has 1 saturated heterocycles. The Morgan fingerprint density at radius 1 is 1.16 bits per heavy atom. The van der Waals surface area contributed by atoms with E-state index in [1.165, 1.54) is 0 Å². The van der Waals surface area contributed by atoms with Crippen molar-refractivity contribution < 1.29 is 4.74 Å². The molecule has 2 aliphatic rings. The molecule has 0 spiro atoms. The molecule has 3 aromatic rings. The molecule has 0 bridgehead atoms. The summed E-state index contributed by atoms with van der Waals surface area (Å²) < 4.78 is 9.60. The number of aromatic nitrogens is 5. The van der Waals surface area contributed by atoms with Gasteiger partial charge in [0.1, 0.15) is 0 Å². The first-order valence-electron chi connectivity index (χ1n) is 8.66. The van der Waals surface area contributed by atoms with Gasteiger partial charge in [-0.3, -0.25) is 4.90 Å². The zero-order valence-electron chi connectivity index (χ0n) is 14.2. The lowest BCUT2D eigenvalue weighted by Crippen LogP contribution is -2.36. The number of nitrogens with zero attached hydrogens (tertiary/aromatic N) is 6. The molecule has 1 fully saturated rings. The van der Waals surface area contributed by atoms with Crippen LogP contribution in [0.15, 0.2) is 30.6 Å². The van der Waals surface area contributed by atoms with Crippen molar-refractivity contribution in [2.24, 2.45) is 0 Å². The van der Waals surface area contributed by atoms with Crippen molar-refractivity contribution in [3.63, 3.8) is 0 Å². The Kier molecular flexibility index (Phi) is 3.43. The van der Waals surface area contributed by atoms with Crippen LogP contribution in [0.4, 0.5) is 0 Å². The molecule has 1 aromatic carbocycles. The van der Waals surface area contributed by atoms with Crippen molar-refractivity contribution >= 4 is 0 Å². The molecule has 0 N–H and O–H groups in total. The fraction of sp³-hybridized carbons (Fsp3) is 0.389. The van der Waals surface area contributed by atoms with Gasteiger partial charge in [-0.05, 0) is 19.1 Å². The largest absolute Gasteiger partial charge is 0.379 e. The Morgan fingerprint density at radius 3 is 2.88 bits per heavy atom. The number of rotatable bonds is 2. The zero-order chi connectivity index (χ0) is 16.8.